The van der Waals surface area contributed by atoms with Gasteiger partial charge in [0.1, 0.15) is 5.76 Å². The van der Waals surface area contributed by atoms with E-state index >= 15 is 0 Å². The van der Waals surface area contributed by atoms with E-state index in [1.807, 2.05) is 68.4 Å². The van der Waals surface area contributed by atoms with E-state index in [2.05, 4.69) is 12.2 Å². The average Bonchev–Trinajstić information content (AvgIpc) is 2.76. The Bertz CT molecular complexity index is 981. The maximum atomic E-state index is 14.6. The molecule has 0 unspecified atom stereocenters. The summed E-state index contributed by atoms with van der Waals surface area (Å²) in [7, 11) is 0. The lowest BCUT2D eigenvalue weighted by molar-refractivity contribution is -0.179. The summed E-state index contributed by atoms with van der Waals surface area (Å²) in [5, 5.41) is 11.2. The molecule has 2 aliphatic carbocycles. The van der Waals surface area contributed by atoms with Crippen molar-refractivity contribution < 1.29 is 19.5 Å². The first-order valence-electron chi connectivity index (χ1n) is 13.2. The molecule has 1 N–H and O–H groups in total. The van der Waals surface area contributed by atoms with Crippen LogP contribution in [0.3, 0.4) is 0 Å². The van der Waals surface area contributed by atoms with Gasteiger partial charge in [-0.1, -0.05) is 55.7 Å². The van der Waals surface area contributed by atoms with Gasteiger partial charge in [0, 0.05) is 12.0 Å². The topological polar surface area (TPSA) is 71.4 Å². The Balaban J connectivity index is 2.93. The summed E-state index contributed by atoms with van der Waals surface area (Å²) in [6.45, 7) is 17.8. The third kappa shape index (κ3) is 4.90. The number of aliphatic hydroxyl groups is 1. The van der Waals surface area contributed by atoms with Crippen molar-refractivity contribution in [3.8, 4) is 0 Å². The van der Waals surface area contributed by atoms with Crippen molar-refractivity contribution >= 4 is 17.3 Å². The van der Waals surface area contributed by atoms with Crippen LogP contribution in [0.1, 0.15) is 101 Å². The van der Waals surface area contributed by atoms with Crippen LogP contribution in [0.5, 0.6) is 0 Å². The molecule has 2 bridgehead atoms. The lowest BCUT2D eigenvalue weighted by atomic mass is 9.38. The molecule has 5 atom stereocenters. The standard InChI is InChI=1S/C31H46O4/c1-10-23(8)27(34)31-26(33)18-25(32)30(28(31)35,17-15-22(6)7)19-24(14-13-21(4)5)29(31,9)16-11-12-20(2)3/h12-13,15,18,23-24,32H,10-11,14,16-17,19H2,1-9H3/t23-,24+,29-,30+,31+/m1/s1. The Morgan fingerprint density at radius 2 is 1.63 bits per heavy atom. The molecule has 0 aromatic heterocycles. The number of rotatable bonds is 10. The second-order valence-corrected chi connectivity index (χ2v) is 11.9. The Kier molecular flexibility index (Phi) is 8.95. The fourth-order valence-corrected chi connectivity index (χ4v) is 6.15. The van der Waals surface area contributed by atoms with Gasteiger partial charge in [0.2, 0.25) is 0 Å². The normalized spacial score (nSPS) is 30.8. The Morgan fingerprint density at radius 3 is 2.14 bits per heavy atom. The Morgan fingerprint density at radius 1 is 1.06 bits per heavy atom. The molecule has 0 amide bonds. The van der Waals surface area contributed by atoms with Gasteiger partial charge in [-0.05, 0) is 91.4 Å². The van der Waals surface area contributed by atoms with Crippen molar-refractivity contribution in [2.24, 2.45) is 28.1 Å². The molecule has 4 nitrogen and oxygen atoms in total. The van der Waals surface area contributed by atoms with Crippen molar-refractivity contribution in [2.45, 2.75) is 101 Å². The molecule has 1 saturated carbocycles. The van der Waals surface area contributed by atoms with Crippen LogP contribution in [-0.4, -0.2) is 22.5 Å². The summed E-state index contributed by atoms with van der Waals surface area (Å²) in [5.74, 6) is -1.90. The molecule has 2 aliphatic rings. The van der Waals surface area contributed by atoms with Crippen molar-refractivity contribution in [3.05, 3.63) is 46.8 Å². The minimum atomic E-state index is -1.78. The van der Waals surface area contributed by atoms with Gasteiger partial charge in [-0.3, -0.25) is 14.4 Å². The van der Waals surface area contributed by atoms with Gasteiger partial charge in [-0.15, -0.1) is 0 Å². The van der Waals surface area contributed by atoms with Crippen LogP contribution in [0.2, 0.25) is 0 Å². The van der Waals surface area contributed by atoms with Crippen LogP contribution in [0, 0.1) is 28.1 Å². The summed E-state index contributed by atoms with van der Waals surface area (Å²) in [6.07, 6.45) is 10.6. The summed E-state index contributed by atoms with van der Waals surface area (Å²) in [4.78, 5) is 42.9. The van der Waals surface area contributed by atoms with Crippen LogP contribution < -0.4 is 0 Å². The molecule has 4 heteroatoms. The van der Waals surface area contributed by atoms with Gasteiger partial charge in [0.25, 0.3) is 0 Å². The van der Waals surface area contributed by atoms with Crippen LogP contribution >= 0.6 is 0 Å². The summed E-state index contributed by atoms with van der Waals surface area (Å²) < 4.78 is 0. The van der Waals surface area contributed by atoms with E-state index in [1.54, 1.807) is 0 Å². The minimum absolute atomic E-state index is 0.112. The first-order valence-corrected chi connectivity index (χ1v) is 13.2. The van der Waals surface area contributed by atoms with Crippen molar-refractivity contribution in [1.82, 2.24) is 0 Å². The lowest BCUT2D eigenvalue weighted by Crippen LogP contribution is -2.70. The Hall–Kier alpha value is -2.23. The number of Topliss-reactive ketones (excluding diaryl/α,β-unsaturated/α-hetero) is 2. The van der Waals surface area contributed by atoms with Crippen LogP contribution in [0.15, 0.2) is 46.8 Å². The highest BCUT2D eigenvalue weighted by molar-refractivity contribution is 6.32. The first kappa shape index (κ1) is 29.0. The highest BCUT2D eigenvalue weighted by Gasteiger charge is 2.74. The van der Waals surface area contributed by atoms with Gasteiger partial charge in [0.05, 0.1) is 5.41 Å². The lowest BCUT2D eigenvalue weighted by Gasteiger charge is -2.60. The monoisotopic (exact) mass is 482 g/mol. The van der Waals surface area contributed by atoms with E-state index in [1.165, 1.54) is 11.6 Å². The zero-order chi connectivity index (χ0) is 26.8. The molecule has 194 valence electrons. The second kappa shape index (κ2) is 10.8. The number of hydrogen-bond donors (Lipinski definition) is 1. The highest BCUT2D eigenvalue weighted by atomic mass is 16.3. The second-order valence-electron chi connectivity index (χ2n) is 11.9. The molecule has 1 fully saturated rings. The number of aliphatic hydroxyl groups excluding tert-OH is 1. The van der Waals surface area contributed by atoms with E-state index < -0.39 is 27.9 Å². The summed E-state index contributed by atoms with van der Waals surface area (Å²) >= 11 is 0. The van der Waals surface area contributed by atoms with Crippen molar-refractivity contribution in [3.63, 3.8) is 0 Å². The van der Waals surface area contributed by atoms with E-state index in [0.717, 1.165) is 11.1 Å². The van der Waals surface area contributed by atoms with Gasteiger partial charge >= 0.3 is 0 Å². The fraction of sp³-hybridized carbons (Fsp3) is 0.645. The van der Waals surface area contributed by atoms with Gasteiger partial charge < -0.3 is 5.11 Å². The van der Waals surface area contributed by atoms with E-state index in [9.17, 15) is 19.5 Å². The smallest absolute Gasteiger partial charge is 0.180 e. The Labute approximate surface area is 212 Å². The molecule has 35 heavy (non-hydrogen) atoms. The highest BCUT2D eigenvalue weighted by Crippen LogP contribution is 2.66. The predicted octanol–water partition coefficient (Wildman–Crippen LogP) is 7.65. The molecular formula is C31H46O4. The van der Waals surface area contributed by atoms with Gasteiger partial charge in [0.15, 0.2) is 22.8 Å². The first-order chi connectivity index (χ1) is 16.2. The molecule has 0 saturated heterocycles. The van der Waals surface area contributed by atoms with Crippen LogP contribution in [-0.2, 0) is 14.4 Å². The zero-order valence-electron chi connectivity index (χ0n) is 23.4. The van der Waals surface area contributed by atoms with Crippen molar-refractivity contribution in [1.29, 1.82) is 0 Å². The van der Waals surface area contributed by atoms with Crippen LogP contribution in [0.25, 0.3) is 0 Å². The molecule has 2 rings (SSSR count). The third-order valence-electron chi connectivity index (χ3n) is 8.57. The maximum Gasteiger partial charge on any atom is 0.180 e. The van der Waals surface area contributed by atoms with E-state index in [4.69, 9.17) is 0 Å². The summed E-state index contributed by atoms with van der Waals surface area (Å²) in [5.41, 5.74) is -0.517. The molecule has 0 radical (unpaired) electrons. The molecule has 0 aromatic carbocycles. The quantitative estimate of drug-likeness (QED) is 0.256. The molecular weight excluding hydrogens is 436 g/mol. The van der Waals surface area contributed by atoms with E-state index in [-0.39, 0.29) is 23.2 Å². The van der Waals surface area contributed by atoms with Gasteiger partial charge in [-0.25, -0.2) is 0 Å². The number of carbonyl (C=O) groups excluding carboxylic acids is 3. The third-order valence-corrected chi connectivity index (χ3v) is 8.57. The predicted molar refractivity (Wildman–Crippen MR) is 143 cm³/mol. The fourth-order valence-electron chi connectivity index (χ4n) is 6.15. The SMILES string of the molecule is CC[C@@H](C)C(=O)[C@]12C(=O)C=C(O)[C@](CC=C(C)C)(C[C@H](CC=C(C)C)[C@@]1(C)CCC=C(C)C)C2=O. The average molecular weight is 483 g/mol. The number of carbonyl (C=O) groups is 3. The number of ketones is 3. The largest absolute Gasteiger partial charge is 0.511 e. The molecule has 0 aromatic rings. The van der Waals surface area contributed by atoms with Gasteiger partial charge in [-0.2, -0.15) is 0 Å². The van der Waals surface area contributed by atoms with Crippen LogP contribution in [0.4, 0.5) is 0 Å². The molecule has 0 aliphatic heterocycles. The number of fused-ring (bicyclic) bond motifs is 2. The summed E-state index contributed by atoms with van der Waals surface area (Å²) in [6, 6.07) is 0. The van der Waals surface area contributed by atoms with E-state index in [0.29, 0.717) is 38.5 Å². The minimum Gasteiger partial charge on any atom is -0.511 e. The molecule has 0 spiro atoms. The number of allylic oxidation sites excluding steroid dienone is 8. The maximum absolute atomic E-state index is 14.6. The number of hydrogen-bond acceptors (Lipinski definition) is 4. The zero-order valence-corrected chi connectivity index (χ0v) is 23.4. The molecule has 0 heterocycles. The van der Waals surface area contributed by atoms with Crippen molar-refractivity contribution in [2.75, 3.05) is 0 Å².